The molecular weight excluding hydrogens is 290 g/mol. The molecule has 1 N–H and O–H groups in total. The summed E-state index contributed by atoms with van der Waals surface area (Å²) in [6, 6.07) is 7.87. The molecule has 4 heteroatoms. The first-order valence-corrected chi connectivity index (χ1v) is 8.27. The topological polar surface area (TPSA) is 49.8 Å². The molecule has 1 aliphatic rings. The molecule has 2 rings (SSSR count). The van der Waals surface area contributed by atoms with Crippen molar-refractivity contribution < 1.29 is 14.6 Å². The van der Waals surface area contributed by atoms with Gasteiger partial charge in [-0.1, -0.05) is 23.8 Å². The number of aliphatic hydroxyl groups excluding tert-OH is 1. The number of carbonyl (C=O) groups is 1. The minimum absolute atomic E-state index is 0.0442. The van der Waals surface area contributed by atoms with Crippen LogP contribution in [0.4, 0.5) is 0 Å². The molecule has 0 spiro atoms. The highest BCUT2D eigenvalue weighted by Crippen LogP contribution is 2.22. The fourth-order valence-electron chi connectivity index (χ4n) is 3.11. The molecule has 23 heavy (non-hydrogen) atoms. The Kier molecular flexibility index (Phi) is 6.22. The number of para-hydroxylation sites is 1. The Hall–Kier alpha value is -1.81. The van der Waals surface area contributed by atoms with E-state index in [0.717, 1.165) is 36.3 Å². The standard InChI is InChI=1S/C19H27NO3/c1-14(11-16-7-4-5-9-18(16)23-3)12-19(22)20-10-6-8-17(13-20)15(2)21/h4-5,7,9,12,15,17,21H,6,8,10-11,13H2,1-3H3/b14-12+. The second-order valence-electron chi connectivity index (χ2n) is 6.41. The number of benzene rings is 1. The predicted octanol–water partition coefficient (Wildman–Crippen LogP) is 2.80. The van der Waals surface area contributed by atoms with Gasteiger partial charge in [0.1, 0.15) is 5.75 Å². The highest BCUT2D eigenvalue weighted by Gasteiger charge is 2.25. The average Bonchev–Trinajstić information content (AvgIpc) is 2.55. The average molecular weight is 317 g/mol. The van der Waals surface area contributed by atoms with Gasteiger partial charge >= 0.3 is 0 Å². The first-order valence-electron chi connectivity index (χ1n) is 8.27. The molecule has 1 aromatic rings. The molecule has 2 atom stereocenters. The molecule has 1 amide bonds. The minimum Gasteiger partial charge on any atom is -0.496 e. The molecule has 0 aromatic heterocycles. The van der Waals surface area contributed by atoms with E-state index >= 15 is 0 Å². The number of piperidine rings is 1. The van der Waals surface area contributed by atoms with Gasteiger partial charge in [-0.2, -0.15) is 0 Å². The van der Waals surface area contributed by atoms with Crippen LogP contribution in [0, 0.1) is 5.92 Å². The zero-order valence-electron chi connectivity index (χ0n) is 14.3. The summed E-state index contributed by atoms with van der Waals surface area (Å²) in [4.78, 5) is 14.3. The highest BCUT2D eigenvalue weighted by atomic mass is 16.5. The van der Waals surface area contributed by atoms with Crippen molar-refractivity contribution in [2.45, 2.75) is 39.2 Å². The fourth-order valence-corrected chi connectivity index (χ4v) is 3.11. The lowest BCUT2D eigenvalue weighted by Gasteiger charge is -2.33. The van der Waals surface area contributed by atoms with Crippen molar-refractivity contribution in [1.82, 2.24) is 4.90 Å². The summed E-state index contributed by atoms with van der Waals surface area (Å²) >= 11 is 0. The Balaban J connectivity index is 2.01. The molecule has 1 heterocycles. The summed E-state index contributed by atoms with van der Waals surface area (Å²) < 4.78 is 5.36. The third-order valence-electron chi connectivity index (χ3n) is 4.48. The van der Waals surface area contributed by atoms with Gasteiger partial charge in [-0.05, 0) is 44.7 Å². The van der Waals surface area contributed by atoms with Gasteiger partial charge in [0, 0.05) is 25.1 Å². The number of carbonyl (C=O) groups excluding carboxylic acids is 1. The van der Waals surface area contributed by atoms with E-state index in [0.29, 0.717) is 13.0 Å². The number of aliphatic hydroxyl groups is 1. The number of likely N-dealkylation sites (tertiary alicyclic amines) is 1. The number of allylic oxidation sites excluding steroid dienone is 1. The summed E-state index contributed by atoms with van der Waals surface area (Å²) in [6.45, 7) is 5.21. The number of ether oxygens (including phenoxy) is 1. The van der Waals surface area contributed by atoms with E-state index in [9.17, 15) is 9.90 Å². The van der Waals surface area contributed by atoms with Gasteiger partial charge < -0.3 is 14.7 Å². The van der Waals surface area contributed by atoms with Crippen molar-refractivity contribution in [1.29, 1.82) is 0 Å². The second kappa shape index (κ2) is 8.16. The van der Waals surface area contributed by atoms with E-state index in [-0.39, 0.29) is 17.9 Å². The highest BCUT2D eigenvalue weighted by molar-refractivity contribution is 5.88. The van der Waals surface area contributed by atoms with Crippen molar-refractivity contribution in [3.05, 3.63) is 41.5 Å². The van der Waals surface area contributed by atoms with Gasteiger partial charge in [0.25, 0.3) is 0 Å². The summed E-state index contributed by atoms with van der Waals surface area (Å²) in [5.74, 6) is 1.08. The molecule has 1 fully saturated rings. The van der Waals surface area contributed by atoms with Crippen molar-refractivity contribution in [3.63, 3.8) is 0 Å². The van der Waals surface area contributed by atoms with Crippen LogP contribution < -0.4 is 4.74 Å². The predicted molar refractivity (Wildman–Crippen MR) is 91.4 cm³/mol. The van der Waals surface area contributed by atoms with Crippen LogP contribution in [0.1, 0.15) is 32.3 Å². The van der Waals surface area contributed by atoms with Gasteiger partial charge in [0.05, 0.1) is 13.2 Å². The lowest BCUT2D eigenvalue weighted by molar-refractivity contribution is -0.128. The number of hydrogen-bond donors (Lipinski definition) is 1. The van der Waals surface area contributed by atoms with Crippen LogP contribution in [0.25, 0.3) is 0 Å². The van der Waals surface area contributed by atoms with Crippen LogP contribution in [0.3, 0.4) is 0 Å². The maximum Gasteiger partial charge on any atom is 0.246 e. The summed E-state index contributed by atoms with van der Waals surface area (Å²) in [6.07, 6.45) is 4.01. The summed E-state index contributed by atoms with van der Waals surface area (Å²) in [5.41, 5.74) is 2.09. The van der Waals surface area contributed by atoms with E-state index < -0.39 is 0 Å². The summed E-state index contributed by atoms with van der Waals surface area (Å²) in [5, 5.41) is 9.74. The third kappa shape index (κ3) is 4.83. The SMILES string of the molecule is COc1ccccc1C/C(C)=C/C(=O)N1CCCC(C(C)O)C1. The van der Waals surface area contributed by atoms with Gasteiger partial charge in [0.15, 0.2) is 0 Å². The lowest BCUT2D eigenvalue weighted by Crippen LogP contribution is -2.42. The van der Waals surface area contributed by atoms with E-state index in [2.05, 4.69) is 0 Å². The monoisotopic (exact) mass is 317 g/mol. The van der Waals surface area contributed by atoms with E-state index in [1.165, 1.54) is 0 Å². The number of amides is 1. The zero-order chi connectivity index (χ0) is 16.8. The first kappa shape index (κ1) is 17.5. The van der Waals surface area contributed by atoms with Crippen LogP contribution in [0.5, 0.6) is 5.75 Å². The Morgan fingerprint density at radius 3 is 2.91 bits per heavy atom. The van der Waals surface area contributed by atoms with E-state index in [1.807, 2.05) is 36.1 Å². The zero-order valence-corrected chi connectivity index (χ0v) is 14.3. The van der Waals surface area contributed by atoms with Crippen LogP contribution in [-0.2, 0) is 11.2 Å². The fraction of sp³-hybridized carbons (Fsp3) is 0.526. The number of methoxy groups -OCH3 is 1. The summed E-state index contributed by atoms with van der Waals surface area (Å²) in [7, 11) is 1.66. The first-order chi connectivity index (χ1) is 11.0. The Morgan fingerprint density at radius 2 is 2.22 bits per heavy atom. The molecule has 0 saturated carbocycles. The van der Waals surface area contributed by atoms with Gasteiger partial charge in [-0.3, -0.25) is 4.79 Å². The molecule has 2 unspecified atom stereocenters. The molecule has 4 nitrogen and oxygen atoms in total. The molecule has 0 bridgehead atoms. The van der Waals surface area contributed by atoms with Crippen LogP contribution in [-0.4, -0.2) is 42.2 Å². The second-order valence-corrected chi connectivity index (χ2v) is 6.41. The molecule has 0 radical (unpaired) electrons. The minimum atomic E-state index is -0.357. The molecule has 1 saturated heterocycles. The number of nitrogens with zero attached hydrogens (tertiary/aromatic N) is 1. The third-order valence-corrected chi connectivity index (χ3v) is 4.48. The van der Waals surface area contributed by atoms with Crippen molar-refractivity contribution in [2.75, 3.05) is 20.2 Å². The van der Waals surface area contributed by atoms with Crippen molar-refractivity contribution in [2.24, 2.45) is 5.92 Å². The number of hydrogen-bond acceptors (Lipinski definition) is 3. The van der Waals surface area contributed by atoms with Crippen molar-refractivity contribution in [3.8, 4) is 5.75 Å². The van der Waals surface area contributed by atoms with Crippen LogP contribution in [0.2, 0.25) is 0 Å². The van der Waals surface area contributed by atoms with Gasteiger partial charge in [0.2, 0.25) is 5.91 Å². The van der Waals surface area contributed by atoms with Crippen LogP contribution in [0.15, 0.2) is 35.9 Å². The molecule has 126 valence electrons. The van der Waals surface area contributed by atoms with Crippen molar-refractivity contribution >= 4 is 5.91 Å². The molecule has 1 aliphatic heterocycles. The van der Waals surface area contributed by atoms with Crippen LogP contribution >= 0.6 is 0 Å². The molecular formula is C19H27NO3. The van der Waals surface area contributed by atoms with E-state index in [4.69, 9.17) is 4.74 Å². The smallest absolute Gasteiger partial charge is 0.246 e. The lowest BCUT2D eigenvalue weighted by atomic mass is 9.93. The molecule has 0 aliphatic carbocycles. The van der Waals surface area contributed by atoms with Gasteiger partial charge in [-0.15, -0.1) is 0 Å². The van der Waals surface area contributed by atoms with Gasteiger partial charge in [-0.25, -0.2) is 0 Å². The Bertz CT molecular complexity index is 565. The number of rotatable bonds is 5. The quantitative estimate of drug-likeness (QED) is 0.850. The maximum absolute atomic E-state index is 12.5. The maximum atomic E-state index is 12.5. The Labute approximate surface area is 138 Å². The molecule has 1 aromatic carbocycles. The normalized spacial score (nSPS) is 20.3. The van der Waals surface area contributed by atoms with E-state index in [1.54, 1.807) is 20.1 Å². The largest absolute Gasteiger partial charge is 0.496 e. The Morgan fingerprint density at radius 1 is 1.48 bits per heavy atom.